The summed E-state index contributed by atoms with van der Waals surface area (Å²) < 4.78 is 5.38. The molecule has 3 N–H and O–H groups in total. The van der Waals surface area contributed by atoms with Crippen molar-refractivity contribution >= 4 is 28.5 Å². The summed E-state index contributed by atoms with van der Waals surface area (Å²) in [5.74, 6) is -1.35. The molecule has 1 aliphatic rings. The Balaban J connectivity index is 1.55. The van der Waals surface area contributed by atoms with Crippen LogP contribution >= 0.6 is 0 Å². The number of nitrogens with one attached hydrogen (secondary N) is 3. The Morgan fingerprint density at radius 3 is 3.10 bits per heavy atom. The molecular weight excluding hydrogens is 272 g/mol. The highest BCUT2D eigenvalue weighted by molar-refractivity contribution is 6.39. The van der Waals surface area contributed by atoms with Crippen LogP contribution in [0.3, 0.4) is 0 Å². The standard InChI is InChI=1S/C14H16N4O3/c19-13(15-7-10-2-1-5-21-10)14(20)18-9-3-4-11-12(6-9)17-8-16-11/h3-4,6,8,10H,1-2,5,7H2,(H,15,19)(H,16,17)(H,18,20). The largest absolute Gasteiger partial charge is 0.376 e. The normalized spacial score (nSPS) is 17.8. The highest BCUT2D eigenvalue weighted by atomic mass is 16.5. The second-order valence-electron chi connectivity index (χ2n) is 4.93. The zero-order chi connectivity index (χ0) is 14.7. The second kappa shape index (κ2) is 5.92. The van der Waals surface area contributed by atoms with Gasteiger partial charge in [0.2, 0.25) is 0 Å². The van der Waals surface area contributed by atoms with Crippen molar-refractivity contribution in [1.82, 2.24) is 15.3 Å². The van der Waals surface area contributed by atoms with Crippen LogP contribution in [0.25, 0.3) is 11.0 Å². The summed E-state index contributed by atoms with van der Waals surface area (Å²) >= 11 is 0. The summed E-state index contributed by atoms with van der Waals surface area (Å²) in [4.78, 5) is 30.6. The van der Waals surface area contributed by atoms with Crippen LogP contribution in [0.1, 0.15) is 12.8 Å². The molecule has 1 aliphatic heterocycles. The molecule has 0 spiro atoms. The lowest BCUT2D eigenvalue weighted by Gasteiger charge is -2.10. The van der Waals surface area contributed by atoms with Crippen molar-refractivity contribution in [1.29, 1.82) is 0 Å². The third-order valence-corrected chi connectivity index (χ3v) is 3.40. The number of rotatable bonds is 3. The smallest absolute Gasteiger partial charge is 0.313 e. The molecule has 21 heavy (non-hydrogen) atoms. The molecule has 1 saturated heterocycles. The van der Waals surface area contributed by atoms with Crippen LogP contribution in [0.4, 0.5) is 5.69 Å². The van der Waals surface area contributed by atoms with Crippen LogP contribution < -0.4 is 10.6 Å². The van der Waals surface area contributed by atoms with Crippen LogP contribution in [0.15, 0.2) is 24.5 Å². The number of carbonyl (C=O) groups excluding carboxylic acids is 2. The number of anilines is 1. The molecule has 1 aromatic carbocycles. The Morgan fingerprint density at radius 2 is 2.29 bits per heavy atom. The van der Waals surface area contributed by atoms with Crippen LogP contribution in [0.5, 0.6) is 0 Å². The molecule has 2 aromatic rings. The van der Waals surface area contributed by atoms with Crippen molar-refractivity contribution in [2.45, 2.75) is 18.9 Å². The molecule has 1 atom stereocenters. The van der Waals surface area contributed by atoms with Gasteiger partial charge in [-0.3, -0.25) is 9.59 Å². The Hall–Kier alpha value is -2.41. The summed E-state index contributed by atoms with van der Waals surface area (Å²) in [6.07, 6.45) is 3.50. The SMILES string of the molecule is O=C(NCC1CCCO1)C(=O)Nc1ccc2nc[nH]c2c1. The van der Waals surface area contributed by atoms with Gasteiger partial charge >= 0.3 is 11.8 Å². The van der Waals surface area contributed by atoms with Gasteiger partial charge < -0.3 is 20.4 Å². The van der Waals surface area contributed by atoms with Crippen LogP contribution in [-0.4, -0.2) is 41.0 Å². The van der Waals surface area contributed by atoms with E-state index in [1.165, 1.54) is 0 Å². The van der Waals surface area contributed by atoms with E-state index >= 15 is 0 Å². The minimum atomic E-state index is -0.688. The predicted octanol–water partition coefficient (Wildman–Crippen LogP) is 0.797. The van der Waals surface area contributed by atoms with Crippen LogP contribution in [0.2, 0.25) is 0 Å². The first-order valence-corrected chi connectivity index (χ1v) is 6.86. The number of carbonyl (C=O) groups is 2. The predicted molar refractivity (Wildman–Crippen MR) is 76.7 cm³/mol. The number of H-pyrrole nitrogens is 1. The van der Waals surface area contributed by atoms with E-state index in [0.29, 0.717) is 12.2 Å². The molecule has 1 unspecified atom stereocenters. The quantitative estimate of drug-likeness (QED) is 0.728. The number of imidazole rings is 1. The van der Waals surface area contributed by atoms with E-state index in [4.69, 9.17) is 4.74 Å². The molecular formula is C14H16N4O3. The summed E-state index contributed by atoms with van der Waals surface area (Å²) in [6.45, 7) is 1.09. The summed E-state index contributed by atoms with van der Waals surface area (Å²) in [6, 6.07) is 5.20. The Morgan fingerprint density at radius 1 is 1.38 bits per heavy atom. The number of amides is 2. The van der Waals surface area contributed by atoms with Gasteiger partial charge in [0.1, 0.15) is 0 Å². The van der Waals surface area contributed by atoms with Gasteiger partial charge in [0.05, 0.1) is 23.5 Å². The Kier molecular flexibility index (Phi) is 3.83. The molecule has 1 fully saturated rings. The number of benzene rings is 1. The lowest BCUT2D eigenvalue weighted by molar-refractivity contribution is -0.136. The minimum Gasteiger partial charge on any atom is -0.376 e. The fourth-order valence-electron chi connectivity index (χ4n) is 2.29. The number of aromatic nitrogens is 2. The average Bonchev–Trinajstić information content (AvgIpc) is 3.15. The van der Waals surface area contributed by atoms with Gasteiger partial charge in [0, 0.05) is 18.8 Å². The van der Waals surface area contributed by atoms with Gasteiger partial charge in [-0.25, -0.2) is 4.98 Å². The maximum atomic E-state index is 11.8. The van der Waals surface area contributed by atoms with E-state index in [-0.39, 0.29) is 6.10 Å². The molecule has 0 radical (unpaired) electrons. The highest BCUT2D eigenvalue weighted by Crippen LogP contribution is 2.15. The zero-order valence-corrected chi connectivity index (χ0v) is 11.4. The van der Waals surface area contributed by atoms with E-state index in [1.807, 2.05) is 0 Å². The number of aromatic amines is 1. The number of fused-ring (bicyclic) bond motifs is 1. The zero-order valence-electron chi connectivity index (χ0n) is 11.4. The van der Waals surface area contributed by atoms with E-state index in [0.717, 1.165) is 30.5 Å². The van der Waals surface area contributed by atoms with Gasteiger partial charge in [0.15, 0.2) is 0 Å². The average molecular weight is 288 g/mol. The summed E-state index contributed by atoms with van der Waals surface area (Å²) in [7, 11) is 0. The van der Waals surface area contributed by atoms with Crippen LogP contribution in [-0.2, 0) is 14.3 Å². The Labute approximate surface area is 121 Å². The molecule has 3 rings (SSSR count). The van der Waals surface area contributed by atoms with E-state index in [1.54, 1.807) is 24.5 Å². The van der Waals surface area contributed by atoms with Gasteiger partial charge in [-0.05, 0) is 31.0 Å². The van der Waals surface area contributed by atoms with Gasteiger partial charge in [-0.1, -0.05) is 0 Å². The van der Waals surface area contributed by atoms with Crippen molar-refractivity contribution in [3.05, 3.63) is 24.5 Å². The lowest BCUT2D eigenvalue weighted by atomic mass is 10.2. The second-order valence-corrected chi connectivity index (χ2v) is 4.93. The minimum absolute atomic E-state index is 0.0168. The molecule has 7 nitrogen and oxygen atoms in total. The summed E-state index contributed by atoms with van der Waals surface area (Å²) in [5, 5.41) is 5.14. The van der Waals surface area contributed by atoms with E-state index < -0.39 is 11.8 Å². The maximum Gasteiger partial charge on any atom is 0.313 e. The third-order valence-electron chi connectivity index (χ3n) is 3.40. The maximum absolute atomic E-state index is 11.8. The first kappa shape index (κ1) is 13.6. The molecule has 7 heteroatoms. The number of ether oxygens (including phenoxy) is 1. The Bertz CT molecular complexity index is 661. The van der Waals surface area contributed by atoms with Crippen molar-refractivity contribution in [2.75, 3.05) is 18.5 Å². The number of hydrogen-bond donors (Lipinski definition) is 3. The van der Waals surface area contributed by atoms with Crippen LogP contribution in [0, 0.1) is 0 Å². The molecule has 2 amide bonds. The molecule has 110 valence electrons. The highest BCUT2D eigenvalue weighted by Gasteiger charge is 2.19. The first-order chi connectivity index (χ1) is 10.2. The fraction of sp³-hybridized carbons (Fsp3) is 0.357. The van der Waals surface area contributed by atoms with Gasteiger partial charge in [-0.15, -0.1) is 0 Å². The monoisotopic (exact) mass is 288 g/mol. The molecule has 2 heterocycles. The molecule has 0 aliphatic carbocycles. The number of hydrogen-bond acceptors (Lipinski definition) is 4. The van der Waals surface area contributed by atoms with Crippen molar-refractivity contribution in [2.24, 2.45) is 0 Å². The van der Waals surface area contributed by atoms with E-state index in [9.17, 15) is 9.59 Å². The van der Waals surface area contributed by atoms with Crippen molar-refractivity contribution < 1.29 is 14.3 Å². The molecule has 0 bridgehead atoms. The first-order valence-electron chi connectivity index (χ1n) is 6.86. The van der Waals surface area contributed by atoms with Gasteiger partial charge in [-0.2, -0.15) is 0 Å². The third kappa shape index (κ3) is 3.19. The lowest BCUT2D eigenvalue weighted by Crippen LogP contribution is -2.39. The molecule has 1 aromatic heterocycles. The topological polar surface area (TPSA) is 96.1 Å². The fourth-order valence-corrected chi connectivity index (χ4v) is 2.29. The van der Waals surface area contributed by atoms with Crippen molar-refractivity contribution in [3.8, 4) is 0 Å². The van der Waals surface area contributed by atoms with Crippen molar-refractivity contribution in [3.63, 3.8) is 0 Å². The molecule has 0 saturated carbocycles. The van der Waals surface area contributed by atoms with Gasteiger partial charge in [0.25, 0.3) is 0 Å². The van der Waals surface area contributed by atoms with E-state index in [2.05, 4.69) is 20.6 Å². The number of nitrogens with zero attached hydrogens (tertiary/aromatic N) is 1. The summed E-state index contributed by atoms with van der Waals surface area (Å²) in [5.41, 5.74) is 2.15.